The molecule has 2 aromatic rings. The first-order chi connectivity index (χ1) is 9.19. The molecule has 2 heterocycles. The van der Waals surface area contributed by atoms with E-state index in [9.17, 15) is 0 Å². The number of anilines is 1. The molecule has 0 N–H and O–H groups in total. The van der Waals surface area contributed by atoms with Crippen molar-refractivity contribution >= 4 is 28.8 Å². The van der Waals surface area contributed by atoms with Crippen LogP contribution >= 0.6 is 22.9 Å². The molecule has 0 atom stereocenters. The summed E-state index contributed by atoms with van der Waals surface area (Å²) in [5.74, 6) is 1.43. The molecule has 6 heteroatoms. The molecule has 0 aliphatic carbocycles. The van der Waals surface area contributed by atoms with Gasteiger partial charge in [0.05, 0.1) is 0 Å². The highest BCUT2D eigenvalue weighted by Crippen LogP contribution is 2.17. The van der Waals surface area contributed by atoms with E-state index in [0.717, 1.165) is 18.8 Å². The monoisotopic (exact) mass is 297 g/mol. The summed E-state index contributed by atoms with van der Waals surface area (Å²) < 4.78 is 5.04. The Balaban J connectivity index is 2.03. The number of thiophene rings is 1. The fourth-order valence-electron chi connectivity index (χ4n) is 1.69. The molecule has 4 nitrogen and oxygen atoms in total. The zero-order valence-corrected chi connectivity index (χ0v) is 12.5. The Labute approximate surface area is 122 Å². The number of aromatic nitrogens is 2. The normalized spacial score (nSPS) is 10.7. The minimum atomic E-state index is 0.367. The number of nitrogens with zero attached hydrogens (tertiary/aromatic N) is 3. The van der Waals surface area contributed by atoms with E-state index < -0.39 is 0 Å². The Morgan fingerprint density at radius 3 is 2.95 bits per heavy atom. The highest BCUT2D eigenvalue weighted by Gasteiger charge is 2.08. The van der Waals surface area contributed by atoms with Crippen LogP contribution in [0, 0.1) is 0 Å². The first kappa shape index (κ1) is 14.2. The van der Waals surface area contributed by atoms with Crippen LogP contribution in [0.3, 0.4) is 0 Å². The number of hydrogen-bond acceptors (Lipinski definition) is 5. The molecule has 2 aromatic heterocycles. The van der Waals surface area contributed by atoms with Crippen LogP contribution in [0.2, 0.25) is 5.15 Å². The van der Waals surface area contributed by atoms with Crippen molar-refractivity contribution in [3.8, 4) is 0 Å². The molecular weight excluding hydrogens is 282 g/mol. The smallest absolute Gasteiger partial charge is 0.158 e. The van der Waals surface area contributed by atoms with Crippen LogP contribution in [0.25, 0.3) is 0 Å². The van der Waals surface area contributed by atoms with Crippen LogP contribution in [0.4, 0.5) is 5.82 Å². The number of likely N-dealkylation sites (N-methyl/N-ethyl adjacent to an activating group) is 1. The number of halogens is 1. The van der Waals surface area contributed by atoms with Gasteiger partial charge in [0.2, 0.25) is 0 Å². The Kier molecular flexibility index (Phi) is 5.13. The van der Waals surface area contributed by atoms with Gasteiger partial charge in [-0.2, -0.15) is 0 Å². The first-order valence-corrected chi connectivity index (χ1v) is 7.20. The topological polar surface area (TPSA) is 38.2 Å². The average molecular weight is 298 g/mol. The maximum Gasteiger partial charge on any atom is 0.158 e. The van der Waals surface area contributed by atoms with Crippen LogP contribution in [-0.2, 0) is 17.8 Å². The average Bonchev–Trinajstić information content (AvgIpc) is 2.88. The summed E-state index contributed by atoms with van der Waals surface area (Å²) in [6, 6.07) is 5.98. The molecule has 0 bridgehead atoms. The van der Waals surface area contributed by atoms with Gasteiger partial charge < -0.3 is 9.64 Å². The second-order valence-corrected chi connectivity index (χ2v) is 5.57. The zero-order chi connectivity index (χ0) is 13.7. The molecule has 0 saturated carbocycles. The standard InChI is InChI=1S/C13H16ClN3OS/c1-17(6-5-10-4-3-7-19-10)13-8-11(14)15-12(16-13)9-18-2/h3-4,7-8H,5-6,9H2,1-2H3. The molecule has 0 fully saturated rings. The Morgan fingerprint density at radius 1 is 1.42 bits per heavy atom. The summed E-state index contributed by atoms with van der Waals surface area (Å²) in [4.78, 5) is 12.0. The molecule has 0 amide bonds. The van der Waals surface area contributed by atoms with Gasteiger partial charge in [0.15, 0.2) is 5.82 Å². The largest absolute Gasteiger partial charge is 0.377 e. The van der Waals surface area contributed by atoms with Crippen LogP contribution < -0.4 is 4.90 Å². The summed E-state index contributed by atoms with van der Waals surface area (Å²) >= 11 is 7.77. The SMILES string of the molecule is COCc1nc(Cl)cc(N(C)CCc2cccs2)n1. The minimum absolute atomic E-state index is 0.367. The number of rotatable bonds is 6. The summed E-state index contributed by atoms with van der Waals surface area (Å²) in [5.41, 5.74) is 0. The van der Waals surface area contributed by atoms with E-state index in [0.29, 0.717) is 17.6 Å². The minimum Gasteiger partial charge on any atom is -0.377 e. The van der Waals surface area contributed by atoms with Crippen molar-refractivity contribution in [3.63, 3.8) is 0 Å². The van der Waals surface area contributed by atoms with Gasteiger partial charge in [0, 0.05) is 31.6 Å². The second kappa shape index (κ2) is 6.84. The lowest BCUT2D eigenvalue weighted by Gasteiger charge is -2.18. The summed E-state index contributed by atoms with van der Waals surface area (Å²) in [7, 11) is 3.62. The second-order valence-electron chi connectivity index (χ2n) is 4.15. The van der Waals surface area contributed by atoms with Gasteiger partial charge in [-0.05, 0) is 17.9 Å². The van der Waals surface area contributed by atoms with Crippen LogP contribution in [0.15, 0.2) is 23.6 Å². The number of ether oxygens (including phenoxy) is 1. The third kappa shape index (κ3) is 4.16. The van der Waals surface area contributed by atoms with Crippen molar-refractivity contribution in [3.05, 3.63) is 39.4 Å². The quantitative estimate of drug-likeness (QED) is 0.768. The molecule has 0 aromatic carbocycles. The van der Waals surface area contributed by atoms with Crippen molar-refractivity contribution in [1.82, 2.24) is 9.97 Å². The van der Waals surface area contributed by atoms with Gasteiger partial charge in [-0.1, -0.05) is 17.7 Å². The maximum atomic E-state index is 6.00. The summed E-state index contributed by atoms with van der Waals surface area (Å²) in [5, 5.41) is 2.54. The third-order valence-corrected chi connectivity index (χ3v) is 3.80. The molecular formula is C13H16ClN3OS. The van der Waals surface area contributed by atoms with E-state index in [-0.39, 0.29) is 0 Å². The van der Waals surface area contributed by atoms with Gasteiger partial charge in [-0.3, -0.25) is 0 Å². The van der Waals surface area contributed by atoms with Gasteiger partial charge >= 0.3 is 0 Å². The Bertz CT molecular complexity index is 519. The molecule has 0 spiro atoms. The fourth-order valence-corrected chi connectivity index (χ4v) is 2.58. The van der Waals surface area contributed by atoms with E-state index >= 15 is 0 Å². The number of hydrogen-bond donors (Lipinski definition) is 0. The van der Waals surface area contributed by atoms with Crippen molar-refractivity contribution < 1.29 is 4.74 Å². The van der Waals surface area contributed by atoms with Crippen molar-refractivity contribution in [2.45, 2.75) is 13.0 Å². The summed E-state index contributed by atoms with van der Waals surface area (Å²) in [6.07, 6.45) is 0.995. The molecule has 0 saturated heterocycles. The third-order valence-electron chi connectivity index (χ3n) is 2.67. The van der Waals surface area contributed by atoms with Gasteiger partial charge in [0.25, 0.3) is 0 Å². The molecule has 0 aliphatic heterocycles. The lowest BCUT2D eigenvalue weighted by molar-refractivity contribution is 0.178. The van der Waals surface area contributed by atoms with E-state index in [1.807, 2.05) is 7.05 Å². The Morgan fingerprint density at radius 2 is 2.26 bits per heavy atom. The van der Waals surface area contributed by atoms with Crippen LogP contribution in [0.5, 0.6) is 0 Å². The lowest BCUT2D eigenvalue weighted by Crippen LogP contribution is -2.22. The van der Waals surface area contributed by atoms with E-state index in [1.165, 1.54) is 4.88 Å². The molecule has 0 unspecified atom stereocenters. The first-order valence-electron chi connectivity index (χ1n) is 5.95. The van der Waals surface area contributed by atoms with Crippen molar-refractivity contribution in [2.75, 3.05) is 25.6 Å². The predicted molar refractivity (Wildman–Crippen MR) is 79.0 cm³/mol. The molecule has 0 radical (unpaired) electrons. The molecule has 19 heavy (non-hydrogen) atoms. The lowest BCUT2D eigenvalue weighted by atomic mass is 10.3. The maximum absolute atomic E-state index is 6.00. The highest BCUT2D eigenvalue weighted by atomic mass is 35.5. The van der Waals surface area contributed by atoms with Crippen molar-refractivity contribution in [2.24, 2.45) is 0 Å². The number of methoxy groups -OCH3 is 1. The van der Waals surface area contributed by atoms with Crippen LogP contribution in [0.1, 0.15) is 10.7 Å². The van der Waals surface area contributed by atoms with Crippen LogP contribution in [-0.4, -0.2) is 30.7 Å². The molecule has 102 valence electrons. The predicted octanol–water partition coefficient (Wildman–Crippen LogP) is 3.02. The van der Waals surface area contributed by atoms with E-state index in [2.05, 4.69) is 32.4 Å². The summed E-state index contributed by atoms with van der Waals surface area (Å²) in [6.45, 7) is 1.26. The van der Waals surface area contributed by atoms with Gasteiger partial charge in [0.1, 0.15) is 17.6 Å². The van der Waals surface area contributed by atoms with Gasteiger partial charge in [-0.25, -0.2) is 9.97 Å². The zero-order valence-electron chi connectivity index (χ0n) is 11.0. The highest BCUT2D eigenvalue weighted by molar-refractivity contribution is 7.09. The Hall–Kier alpha value is -1.17. The molecule has 0 aliphatic rings. The van der Waals surface area contributed by atoms with Gasteiger partial charge in [-0.15, -0.1) is 11.3 Å². The van der Waals surface area contributed by atoms with E-state index in [1.54, 1.807) is 24.5 Å². The van der Waals surface area contributed by atoms with E-state index in [4.69, 9.17) is 16.3 Å². The van der Waals surface area contributed by atoms with Crippen molar-refractivity contribution in [1.29, 1.82) is 0 Å². The molecule has 2 rings (SSSR count). The fraction of sp³-hybridized carbons (Fsp3) is 0.385.